The Balaban J connectivity index is 2.92. The molecule has 2 unspecified atom stereocenters. The Morgan fingerprint density at radius 2 is 1.57 bits per heavy atom. The first-order valence-corrected chi connectivity index (χ1v) is 9.25. The molecule has 0 spiro atoms. The van der Waals surface area contributed by atoms with Gasteiger partial charge in [0.1, 0.15) is 0 Å². The van der Waals surface area contributed by atoms with Gasteiger partial charge in [-0.1, -0.05) is 32.9 Å². The lowest BCUT2D eigenvalue weighted by atomic mass is 9.80. The fraction of sp³-hybridized carbons (Fsp3) is 0.625. The molecule has 1 aromatic carbocycles. The average Bonchev–Trinajstić information content (AvgIpc) is 2.47. The van der Waals surface area contributed by atoms with E-state index in [0.717, 1.165) is 5.56 Å². The second-order valence-corrected chi connectivity index (χ2v) is 7.88. The van der Waals surface area contributed by atoms with Crippen molar-refractivity contribution in [3.63, 3.8) is 0 Å². The summed E-state index contributed by atoms with van der Waals surface area (Å²) in [5, 5.41) is 0. The quantitative estimate of drug-likeness (QED) is 0.770. The van der Waals surface area contributed by atoms with Crippen LogP contribution in [0.4, 0.5) is 0 Å². The molecule has 0 aliphatic carbocycles. The molecule has 4 N–H and O–H groups in total. The van der Waals surface area contributed by atoms with Crippen molar-refractivity contribution in [1.29, 1.82) is 0 Å². The summed E-state index contributed by atoms with van der Waals surface area (Å²) in [6.45, 7) is 7.31. The number of sulfone groups is 1. The van der Waals surface area contributed by atoms with Crippen molar-refractivity contribution in [3.05, 3.63) is 29.8 Å². The smallest absolute Gasteiger partial charge is 0.178 e. The Kier molecular flexibility index (Phi) is 6.84. The largest absolute Gasteiger partial charge is 0.330 e. The molecule has 1 rings (SSSR count). The fourth-order valence-corrected chi connectivity index (χ4v) is 3.93. The molecule has 2 atom stereocenters. The highest BCUT2D eigenvalue weighted by Gasteiger charge is 2.22. The molecule has 0 aliphatic heterocycles. The third-order valence-electron chi connectivity index (χ3n) is 4.38. The Bertz CT molecular complexity index is 522. The normalized spacial score (nSPS) is 15.1. The topological polar surface area (TPSA) is 86.2 Å². The van der Waals surface area contributed by atoms with Crippen molar-refractivity contribution in [1.82, 2.24) is 0 Å². The fourth-order valence-electron chi connectivity index (χ4n) is 2.60. The molecule has 0 fully saturated rings. The maximum absolute atomic E-state index is 12.0. The van der Waals surface area contributed by atoms with Crippen molar-refractivity contribution in [2.24, 2.45) is 23.3 Å². The number of hydrogen-bond donors (Lipinski definition) is 2. The molecular weight excluding hydrogens is 284 g/mol. The van der Waals surface area contributed by atoms with Crippen LogP contribution in [0.15, 0.2) is 29.2 Å². The first-order valence-electron chi connectivity index (χ1n) is 7.60. The lowest BCUT2D eigenvalue weighted by Gasteiger charge is -2.27. The lowest BCUT2D eigenvalue weighted by molar-refractivity contribution is 0.328. The van der Waals surface area contributed by atoms with Crippen LogP contribution in [0.3, 0.4) is 0 Å². The van der Waals surface area contributed by atoms with E-state index < -0.39 is 9.84 Å². The van der Waals surface area contributed by atoms with Crippen molar-refractivity contribution >= 4 is 9.84 Å². The molecule has 1 aromatic rings. The molecular formula is C16H28N2O2S. The minimum Gasteiger partial charge on any atom is -0.330 e. The van der Waals surface area contributed by atoms with E-state index in [9.17, 15) is 8.42 Å². The Labute approximate surface area is 128 Å². The van der Waals surface area contributed by atoms with Crippen LogP contribution in [0, 0.1) is 11.8 Å². The van der Waals surface area contributed by atoms with Gasteiger partial charge >= 0.3 is 0 Å². The van der Waals surface area contributed by atoms with Crippen LogP contribution in [0.25, 0.3) is 0 Å². The summed E-state index contributed by atoms with van der Waals surface area (Å²) in [5.41, 5.74) is 12.6. The average molecular weight is 312 g/mol. The van der Waals surface area contributed by atoms with Gasteiger partial charge in [-0.05, 0) is 55.0 Å². The van der Waals surface area contributed by atoms with Crippen molar-refractivity contribution in [2.75, 3.05) is 18.8 Å². The highest BCUT2D eigenvalue weighted by molar-refractivity contribution is 7.91. The first-order chi connectivity index (χ1) is 9.87. The summed E-state index contributed by atoms with van der Waals surface area (Å²) in [6.07, 6.45) is 0.631. The SMILES string of the molecule is CCCS(=O)(=O)c1ccc(C(C)C(C)C(CN)CN)cc1. The van der Waals surface area contributed by atoms with E-state index in [1.165, 1.54) is 0 Å². The van der Waals surface area contributed by atoms with Gasteiger partial charge in [-0.3, -0.25) is 0 Å². The first kappa shape index (κ1) is 18.1. The summed E-state index contributed by atoms with van der Waals surface area (Å²) in [6, 6.07) is 7.24. The van der Waals surface area contributed by atoms with Crippen LogP contribution in [0.5, 0.6) is 0 Å². The molecule has 0 aromatic heterocycles. The van der Waals surface area contributed by atoms with Crippen LogP contribution in [0.2, 0.25) is 0 Å². The van der Waals surface area contributed by atoms with Crippen LogP contribution in [-0.2, 0) is 9.84 Å². The van der Waals surface area contributed by atoms with E-state index in [0.29, 0.717) is 36.2 Å². The third-order valence-corrected chi connectivity index (χ3v) is 6.31. The van der Waals surface area contributed by atoms with E-state index >= 15 is 0 Å². The van der Waals surface area contributed by atoms with Gasteiger partial charge in [0.2, 0.25) is 0 Å². The second-order valence-electron chi connectivity index (χ2n) is 5.77. The molecule has 21 heavy (non-hydrogen) atoms. The van der Waals surface area contributed by atoms with Gasteiger partial charge in [0.25, 0.3) is 0 Å². The lowest BCUT2D eigenvalue weighted by Crippen LogP contribution is -2.31. The maximum atomic E-state index is 12.0. The van der Waals surface area contributed by atoms with Gasteiger partial charge < -0.3 is 11.5 Å². The molecule has 0 amide bonds. The summed E-state index contributed by atoms with van der Waals surface area (Å²) in [5.74, 6) is 1.13. The van der Waals surface area contributed by atoms with Gasteiger partial charge in [0.15, 0.2) is 9.84 Å². The predicted molar refractivity (Wildman–Crippen MR) is 88.0 cm³/mol. The molecule has 0 heterocycles. The molecule has 120 valence electrons. The highest BCUT2D eigenvalue weighted by Crippen LogP contribution is 2.29. The molecule has 0 aliphatic rings. The summed E-state index contributed by atoms with van der Waals surface area (Å²) >= 11 is 0. The van der Waals surface area contributed by atoms with Gasteiger partial charge in [-0.15, -0.1) is 0 Å². The van der Waals surface area contributed by atoms with Crippen LogP contribution >= 0.6 is 0 Å². The molecule has 0 saturated carbocycles. The van der Waals surface area contributed by atoms with Crippen molar-refractivity contribution < 1.29 is 8.42 Å². The van der Waals surface area contributed by atoms with Gasteiger partial charge in [-0.2, -0.15) is 0 Å². The van der Waals surface area contributed by atoms with Gasteiger partial charge in [0.05, 0.1) is 10.6 Å². The summed E-state index contributed by atoms with van der Waals surface area (Å²) < 4.78 is 24.0. The number of rotatable bonds is 8. The van der Waals surface area contributed by atoms with Gasteiger partial charge in [0, 0.05) is 0 Å². The molecule has 5 heteroatoms. The monoisotopic (exact) mass is 312 g/mol. The Hall–Kier alpha value is -0.910. The second kappa shape index (κ2) is 7.92. The number of nitrogens with two attached hydrogens (primary N) is 2. The summed E-state index contributed by atoms with van der Waals surface area (Å²) in [7, 11) is -3.14. The number of hydrogen-bond acceptors (Lipinski definition) is 4. The predicted octanol–water partition coefficient (Wildman–Crippen LogP) is 2.14. The molecule has 0 saturated heterocycles. The Morgan fingerprint density at radius 1 is 1.05 bits per heavy atom. The van der Waals surface area contributed by atoms with E-state index in [2.05, 4.69) is 13.8 Å². The van der Waals surface area contributed by atoms with Crippen LogP contribution in [0.1, 0.15) is 38.7 Å². The van der Waals surface area contributed by atoms with E-state index in [4.69, 9.17) is 11.5 Å². The molecule has 0 radical (unpaired) electrons. The van der Waals surface area contributed by atoms with E-state index in [1.54, 1.807) is 12.1 Å². The standard InChI is InChI=1S/C16H28N2O2S/c1-4-9-21(19,20)16-7-5-14(6-8-16)12(2)13(3)15(10-17)11-18/h5-8,12-13,15H,4,9-11,17-18H2,1-3H3. The van der Waals surface area contributed by atoms with Crippen LogP contribution < -0.4 is 11.5 Å². The maximum Gasteiger partial charge on any atom is 0.178 e. The van der Waals surface area contributed by atoms with E-state index in [-0.39, 0.29) is 11.7 Å². The zero-order chi connectivity index (χ0) is 16.0. The van der Waals surface area contributed by atoms with Crippen molar-refractivity contribution in [3.8, 4) is 0 Å². The van der Waals surface area contributed by atoms with Gasteiger partial charge in [-0.25, -0.2) is 8.42 Å². The van der Waals surface area contributed by atoms with Crippen LogP contribution in [-0.4, -0.2) is 27.3 Å². The zero-order valence-electron chi connectivity index (χ0n) is 13.2. The van der Waals surface area contributed by atoms with E-state index in [1.807, 2.05) is 19.1 Å². The Morgan fingerprint density at radius 3 is 2.00 bits per heavy atom. The zero-order valence-corrected chi connectivity index (χ0v) is 14.1. The molecule has 0 bridgehead atoms. The number of benzene rings is 1. The van der Waals surface area contributed by atoms with Crippen molar-refractivity contribution in [2.45, 2.75) is 38.0 Å². The highest BCUT2D eigenvalue weighted by atomic mass is 32.2. The molecule has 4 nitrogen and oxygen atoms in total. The minimum absolute atomic E-state index is 0.195. The third kappa shape index (κ3) is 4.53. The minimum atomic E-state index is -3.14. The summed E-state index contributed by atoms with van der Waals surface area (Å²) in [4.78, 5) is 0.405.